The molecule has 1 atom stereocenters. The molecule has 1 aliphatic carbocycles. The monoisotopic (exact) mass is 353 g/mol. The van der Waals surface area contributed by atoms with Crippen LogP contribution in [0, 0.1) is 0 Å². The molecule has 0 radical (unpaired) electrons. The number of nitrogens with two attached hydrogens (primary N) is 1. The third-order valence-electron chi connectivity index (χ3n) is 4.86. The molecule has 1 heterocycles. The Hall–Kier alpha value is -2.40. The lowest BCUT2D eigenvalue weighted by Gasteiger charge is -2.14. The van der Waals surface area contributed by atoms with E-state index < -0.39 is 5.91 Å². The largest absolute Gasteiger partial charge is 0.439 e. The van der Waals surface area contributed by atoms with E-state index >= 15 is 0 Å². The van der Waals surface area contributed by atoms with Gasteiger partial charge in [0.2, 0.25) is 11.8 Å². The lowest BCUT2D eigenvalue weighted by Crippen LogP contribution is -2.20. The van der Waals surface area contributed by atoms with E-state index in [2.05, 4.69) is 29.4 Å². The van der Waals surface area contributed by atoms with Gasteiger partial charge in [-0.25, -0.2) is 4.98 Å². The zero-order valence-corrected chi connectivity index (χ0v) is 15.3. The van der Waals surface area contributed by atoms with Crippen LogP contribution < -0.4 is 15.8 Å². The summed E-state index contributed by atoms with van der Waals surface area (Å²) in [5.41, 5.74) is 8.31. The van der Waals surface area contributed by atoms with Crippen molar-refractivity contribution in [2.45, 2.75) is 51.5 Å². The second kappa shape index (κ2) is 8.81. The summed E-state index contributed by atoms with van der Waals surface area (Å²) in [5.74, 6) is 0.736. The molecule has 0 aliphatic heterocycles. The smallest absolute Gasteiger partial charge is 0.250 e. The molecule has 0 saturated heterocycles. The Morgan fingerprint density at radius 2 is 2.15 bits per heavy atom. The molecular weight excluding hydrogens is 326 g/mol. The first-order valence-electron chi connectivity index (χ1n) is 9.47. The SMILES string of the molecule is CCCCCCNC1CCc2cc(Oc3ccc(C(N)=O)cn3)ccc21. The van der Waals surface area contributed by atoms with Gasteiger partial charge in [0.15, 0.2) is 0 Å². The maximum absolute atomic E-state index is 11.1. The summed E-state index contributed by atoms with van der Waals surface area (Å²) in [6.45, 7) is 3.32. The van der Waals surface area contributed by atoms with Crippen molar-refractivity contribution in [2.24, 2.45) is 5.73 Å². The molecule has 1 aromatic heterocycles. The van der Waals surface area contributed by atoms with Crippen molar-refractivity contribution < 1.29 is 9.53 Å². The summed E-state index contributed by atoms with van der Waals surface area (Å²) >= 11 is 0. The van der Waals surface area contributed by atoms with Gasteiger partial charge >= 0.3 is 0 Å². The number of unbranched alkanes of at least 4 members (excludes halogenated alkanes) is 3. The first kappa shape index (κ1) is 18.4. The van der Waals surface area contributed by atoms with Crippen molar-refractivity contribution in [3.8, 4) is 11.6 Å². The van der Waals surface area contributed by atoms with Crippen LogP contribution in [0.3, 0.4) is 0 Å². The van der Waals surface area contributed by atoms with Crippen molar-refractivity contribution in [1.82, 2.24) is 10.3 Å². The summed E-state index contributed by atoms with van der Waals surface area (Å²) in [6, 6.07) is 9.97. The molecule has 1 aliphatic rings. The van der Waals surface area contributed by atoms with Crippen LogP contribution in [0.2, 0.25) is 0 Å². The molecule has 2 aromatic rings. The molecule has 3 rings (SSSR count). The number of fused-ring (bicyclic) bond motifs is 1. The van der Waals surface area contributed by atoms with Crippen LogP contribution in [-0.4, -0.2) is 17.4 Å². The highest BCUT2D eigenvalue weighted by atomic mass is 16.5. The topological polar surface area (TPSA) is 77.2 Å². The molecule has 0 spiro atoms. The average molecular weight is 353 g/mol. The fraction of sp³-hybridized carbons (Fsp3) is 0.429. The summed E-state index contributed by atoms with van der Waals surface area (Å²) in [4.78, 5) is 15.2. The highest BCUT2D eigenvalue weighted by Crippen LogP contribution is 2.34. The van der Waals surface area contributed by atoms with Crippen molar-refractivity contribution in [2.75, 3.05) is 6.54 Å². The minimum Gasteiger partial charge on any atom is -0.439 e. The van der Waals surface area contributed by atoms with Crippen LogP contribution in [0.4, 0.5) is 0 Å². The normalized spacial score (nSPS) is 15.7. The van der Waals surface area contributed by atoms with Crippen LogP contribution in [-0.2, 0) is 6.42 Å². The third-order valence-corrected chi connectivity index (χ3v) is 4.86. The molecular formula is C21H27N3O2. The van der Waals surface area contributed by atoms with Crippen LogP contribution in [0.5, 0.6) is 11.6 Å². The highest BCUT2D eigenvalue weighted by Gasteiger charge is 2.22. The molecule has 138 valence electrons. The van der Waals surface area contributed by atoms with Gasteiger partial charge in [0.05, 0.1) is 5.56 Å². The van der Waals surface area contributed by atoms with Gasteiger partial charge in [-0.05, 0) is 55.1 Å². The van der Waals surface area contributed by atoms with Gasteiger partial charge in [0.25, 0.3) is 0 Å². The molecule has 3 N–H and O–H groups in total. The first-order chi connectivity index (χ1) is 12.7. The molecule has 1 aromatic carbocycles. The van der Waals surface area contributed by atoms with E-state index in [1.54, 1.807) is 12.1 Å². The summed E-state index contributed by atoms with van der Waals surface area (Å²) < 4.78 is 5.82. The number of amides is 1. The fourth-order valence-corrected chi connectivity index (χ4v) is 3.40. The lowest BCUT2D eigenvalue weighted by atomic mass is 10.1. The van der Waals surface area contributed by atoms with E-state index in [1.807, 2.05) is 6.07 Å². The van der Waals surface area contributed by atoms with Gasteiger partial charge in [0.1, 0.15) is 5.75 Å². The number of benzene rings is 1. The quantitative estimate of drug-likeness (QED) is 0.665. The Morgan fingerprint density at radius 3 is 2.88 bits per heavy atom. The molecule has 26 heavy (non-hydrogen) atoms. The summed E-state index contributed by atoms with van der Waals surface area (Å²) in [5, 5.41) is 3.69. The fourth-order valence-electron chi connectivity index (χ4n) is 3.40. The van der Waals surface area contributed by atoms with Gasteiger partial charge in [0, 0.05) is 18.3 Å². The first-order valence-corrected chi connectivity index (χ1v) is 9.47. The van der Waals surface area contributed by atoms with Gasteiger partial charge in [-0.3, -0.25) is 4.79 Å². The number of rotatable bonds is 9. The Balaban J connectivity index is 1.58. The second-order valence-electron chi connectivity index (χ2n) is 6.82. The minimum absolute atomic E-state index is 0.374. The number of hydrogen-bond donors (Lipinski definition) is 2. The number of carbonyl (C=O) groups is 1. The average Bonchev–Trinajstić information content (AvgIpc) is 3.04. The van der Waals surface area contributed by atoms with Gasteiger partial charge in [-0.1, -0.05) is 32.3 Å². The molecule has 1 unspecified atom stereocenters. The van der Waals surface area contributed by atoms with Crippen molar-refractivity contribution in [3.05, 3.63) is 53.2 Å². The Morgan fingerprint density at radius 1 is 1.27 bits per heavy atom. The second-order valence-corrected chi connectivity index (χ2v) is 6.82. The van der Waals surface area contributed by atoms with E-state index in [4.69, 9.17) is 10.5 Å². The molecule has 0 saturated carbocycles. The van der Waals surface area contributed by atoms with Gasteiger partial charge < -0.3 is 15.8 Å². The molecule has 0 fully saturated rings. The molecule has 5 heteroatoms. The number of carbonyl (C=O) groups excluding carboxylic acids is 1. The summed E-state index contributed by atoms with van der Waals surface area (Å²) in [7, 11) is 0. The molecule has 5 nitrogen and oxygen atoms in total. The maximum atomic E-state index is 11.1. The predicted octanol–water partition coefficient (Wildman–Crippen LogP) is 4.13. The number of aromatic nitrogens is 1. The van der Waals surface area contributed by atoms with E-state index in [0.29, 0.717) is 17.5 Å². The number of nitrogens with one attached hydrogen (secondary N) is 1. The number of aryl methyl sites for hydroxylation is 1. The standard InChI is InChI=1S/C21H27N3O2/c1-2-3-4-5-12-23-19-10-6-15-13-17(8-9-18(15)19)26-20-11-7-16(14-24-20)21(22)25/h7-9,11,13-14,19,23H,2-6,10,12H2,1H3,(H2,22,25). The Labute approximate surface area is 155 Å². The number of nitrogens with zero attached hydrogens (tertiary/aromatic N) is 1. The highest BCUT2D eigenvalue weighted by molar-refractivity contribution is 5.92. The van der Waals surface area contributed by atoms with E-state index in [1.165, 1.54) is 43.0 Å². The zero-order valence-electron chi connectivity index (χ0n) is 15.3. The van der Waals surface area contributed by atoms with E-state index in [9.17, 15) is 4.79 Å². The van der Waals surface area contributed by atoms with Crippen molar-refractivity contribution in [3.63, 3.8) is 0 Å². The van der Waals surface area contributed by atoms with Crippen LogP contribution >= 0.6 is 0 Å². The lowest BCUT2D eigenvalue weighted by molar-refractivity contribution is 0.1000. The Bertz CT molecular complexity index is 743. The third kappa shape index (κ3) is 4.61. The van der Waals surface area contributed by atoms with Crippen molar-refractivity contribution >= 4 is 5.91 Å². The number of pyridine rings is 1. The minimum atomic E-state index is -0.491. The summed E-state index contributed by atoms with van der Waals surface area (Å²) in [6.07, 6.45) is 8.77. The van der Waals surface area contributed by atoms with Crippen LogP contribution in [0.1, 0.15) is 66.6 Å². The molecule has 0 bridgehead atoms. The van der Waals surface area contributed by atoms with Gasteiger partial charge in [-0.15, -0.1) is 0 Å². The Kier molecular flexibility index (Phi) is 6.23. The van der Waals surface area contributed by atoms with Crippen molar-refractivity contribution in [1.29, 1.82) is 0 Å². The number of hydrogen-bond acceptors (Lipinski definition) is 4. The van der Waals surface area contributed by atoms with E-state index in [0.717, 1.165) is 25.1 Å². The predicted molar refractivity (Wildman–Crippen MR) is 102 cm³/mol. The van der Waals surface area contributed by atoms with Crippen LogP contribution in [0.25, 0.3) is 0 Å². The number of primary amides is 1. The van der Waals surface area contributed by atoms with E-state index in [-0.39, 0.29) is 0 Å². The van der Waals surface area contributed by atoms with Gasteiger partial charge in [-0.2, -0.15) is 0 Å². The maximum Gasteiger partial charge on any atom is 0.250 e. The van der Waals surface area contributed by atoms with Crippen LogP contribution in [0.15, 0.2) is 36.5 Å². The zero-order chi connectivity index (χ0) is 18.4. The molecule has 1 amide bonds. The number of ether oxygens (including phenoxy) is 1.